The van der Waals surface area contributed by atoms with Gasteiger partial charge in [-0.3, -0.25) is 9.59 Å². The number of piperidine rings is 1. The summed E-state index contributed by atoms with van der Waals surface area (Å²) >= 11 is 0. The first-order chi connectivity index (χ1) is 15.1. The van der Waals surface area contributed by atoms with Gasteiger partial charge >= 0.3 is 0 Å². The number of carbonyl (C=O) groups is 2. The van der Waals surface area contributed by atoms with Gasteiger partial charge in [-0.25, -0.2) is 0 Å². The fourth-order valence-corrected chi connectivity index (χ4v) is 4.50. The van der Waals surface area contributed by atoms with Crippen molar-refractivity contribution in [1.29, 1.82) is 0 Å². The zero-order valence-electron chi connectivity index (χ0n) is 18.3. The summed E-state index contributed by atoms with van der Waals surface area (Å²) in [5, 5.41) is 2.31. The Labute approximate surface area is 185 Å². The molecule has 0 bridgehead atoms. The van der Waals surface area contributed by atoms with Gasteiger partial charge in [0.15, 0.2) is 11.6 Å². The number of Topliss-reactive ketones (excluding diaryl/α,β-unsaturated/α-hetero) is 2. The number of nitrogens with zero attached hydrogens (tertiary/aromatic N) is 1. The van der Waals surface area contributed by atoms with Crippen LogP contribution in [0.1, 0.15) is 58.4 Å². The summed E-state index contributed by atoms with van der Waals surface area (Å²) in [4.78, 5) is 27.7. The molecule has 0 aliphatic carbocycles. The molecule has 3 nitrogen and oxygen atoms in total. The molecular formula is C28H31NO2. The van der Waals surface area contributed by atoms with Crippen LogP contribution in [-0.4, -0.2) is 36.1 Å². The van der Waals surface area contributed by atoms with E-state index < -0.39 is 0 Å². The van der Waals surface area contributed by atoms with Gasteiger partial charge in [-0.1, -0.05) is 66.2 Å². The lowest BCUT2D eigenvalue weighted by Gasteiger charge is -2.31. The lowest BCUT2D eigenvalue weighted by molar-refractivity contribution is 0.0836. The topological polar surface area (TPSA) is 37.4 Å². The predicted octanol–water partition coefficient (Wildman–Crippen LogP) is 6.10. The van der Waals surface area contributed by atoms with Crippen LogP contribution >= 0.6 is 0 Å². The van der Waals surface area contributed by atoms with E-state index in [1.165, 1.54) is 10.9 Å². The standard InChI is InChI=1S/C28H31NO2/c1-21-9-11-23(12-10-21)27(30)8-4-5-17-29-18-15-24(16-19-29)28(31)26-14-13-22-6-2-3-7-25(22)20-26/h2-3,6-7,9-14,20,24H,4-5,8,15-19H2,1H3. The molecule has 3 aromatic rings. The molecule has 0 spiro atoms. The summed E-state index contributed by atoms with van der Waals surface area (Å²) in [5.74, 6) is 0.648. The third-order valence-corrected chi connectivity index (χ3v) is 6.49. The van der Waals surface area contributed by atoms with Crippen molar-refractivity contribution in [3.05, 3.63) is 83.4 Å². The second-order valence-electron chi connectivity index (χ2n) is 8.79. The second-order valence-corrected chi connectivity index (χ2v) is 8.79. The summed E-state index contributed by atoms with van der Waals surface area (Å²) in [6, 6.07) is 22.1. The van der Waals surface area contributed by atoms with Crippen LogP contribution in [0.2, 0.25) is 0 Å². The maximum atomic E-state index is 13.0. The van der Waals surface area contributed by atoms with E-state index in [2.05, 4.69) is 23.1 Å². The fourth-order valence-electron chi connectivity index (χ4n) is 4.50. The highest BCUT2D eigenvalue weighted by atomic mass is 16.1. The van der Waals surface area contributed by atoms with Crippen molar-refractivity contribution in [3.63, 3.8) is 0 Å². The summed E-state index contributed by atoms with van der Waals surface area (Å²) < 4.78 is 0. The molecule has 1 aliphatic heterocycles. The Hall–Kier alpha value is -2.78. The van der Waals surface area contributed by atoms with Gasteiger partial charge in [0, 0.05) is 23.5 Å². The molecule has 4 rings (SSSR count). The minimum absolute atomic E-state index is 0.125. The summed E-state index contributed by atoms with van der Waals surface area (Å²) in [6.07, 6.45) is 4.41. The van der Waals surface area contributed by atoms with E-state index in [9.17, 15) is 9.59 Å². The number of benzene rings is 3. The van der Waals surface area contributed by atoms with E-state index in [4.69, 9.17) is 0 Å². The van der Waals surface area contributed by atoms with Gasteiger partial charge in [0.05, 0.1) is 0 Å². The number of unbranched alkanes of at least 4 members (excludes halogenated alkanes) is 1. The molecule has 1 saturated heterocycles. The summed E-state index contributed by atoms with van der Waals surface area (Å²) in [6.45, 7) is 4.98. The number of hydrogen-bond donors (Lipinski definition) is 0. The lowest BCUT2D eigenvalue weighted by Crippen LogP contribution is -2.37. The molecule has 1 fully saturated rings. The highest BCUT2D eigenvalue weighted by Gasteiger charge is 2.25. The Kier molecular flexibility index (Phi) is 6.93. The molecule has 1 aliphatic rings. The van der Waals surface area contributed by atoms with E-state index in [1.54, 1.807) is 0 Å². The molecule has 3 aromatic carbocycles. The van der Waals surface area contributed by atoms with Gasteiger partial charge < -0.3 is 4.90 Å². The number of carbonyl (C=O) groups excluding carboxylic acids is 2. The third kappa shape index (κ3) is 5.48. The van der Waals surface area contributed by atoms with Gasteiger partial charge in [0.2, 0.25) is 0 Å². The predicted molar refractivity (Wildman–Crippen MR) is 127 cm³/mol. The van der Waals surface area contributed by atoms with Crippen molar-refractivity contribution in [1.82, 2.24) is 4.90 Å². The SMILES string of the molecule is Cc1ccc(C(=O)CCCCN2CCC(C(=O)c3ccc4ccccc4c3)CC2)cc1. The molecule has 0 aromatic heterocycles. The Morgan fingerprint density at radius 3 is 2.26 bits per heavy atom. The van der Waals surface area contributed by atoms with Crippen molar-refractivity contribution >= 4 is 22.3 Å². The average Bonchev–Trinajstić information content (AvgIpc) is 2.82. The number of aryl methyl sites for hydroxylation is 1. The first-order valence-electron chi connectivity index (χ1n) is 11.5. The molecule has 1 heterocycles. The largest absolute Gasteiger partial charge is 0.303 e. The smallest absolute Gasteiger partial charge is 0.166 e. The first kappa shape index (κ1) is 21.5. The zero-order valence-corrected chi connectivity index (χ0v) is 18.3. The van der Waals surface area contributed by atoms with E-state index in [0.29, 0.717) is 6.42 Å². The minimum Gasteiger partial charge on any atom is -0.303 e. The Morgan fingerprint density at radius 1 is 0.839 bits per heavy atom. The van der Waals surface area contributed by atoms with Gasteiger partial charge in [0.1, 0.15) is 0 Å². The molecular weight excluding hydrogens is 382 g/mol. The van der Waals surface area contributed by atoms with E-state index in [0.717, 1.165) is 61.8 Å². The molecule has 0 radical (unpaired) electrons. The van der Waals surface area contributed by atoms with Crippen LogP contribution in [0.4, 0.5) is 0 Å². The van der Waals surface area contributed by atoms with E-state index in [1.807, 2.05) is 55.5 Å². The van der Waals surface area contributed by atoms with Gasteiger partial charge in [0.25, 0.3) is 0 Å². The number of likely N-dealkylation sites (tertiary alicyclic amines) is 1. The van der Waals surface area contributed by atoms with E-state index in [-0.39, 0.29) is 17.5 Å². The zero-order chi connectivity index (χ0) is 21.6. The van der Waals surface area contributed by atoms with Crippen LogP contribution in [0.15, 0.2) is 66.7 Å². The maximum absolute atomic E-state index is 13.0. The molecule has 0 atom stereocenters. The molecule has 0 amide bonds. The van der Waals surface area contributed by atoms with Gasteiger partial charge in [-0.15, -0.1) is 0 Å². The van der Waals surface area contributed by atoms with Crippen LogP contribution in [0, 0.1) is 12.8 Å². The number of ketones is 2. The highest BCUT2D eigenvalue weighted by Crippen LogP contribution is 2.24. The molecule has 0 unspecified atom stereocenters. The molecule has 31 heavy (non-hydrogen) atoms. The molecule has 0 saturated carbocycles. The molecule has 160 valence electrons. The highest BCUT2D eigenvalue weighted by molar-refractivity contribution is 6.01. The normalized spacial score (nSPS) is 15.3. The average molecular weight is 414 g/mol. The van der Waals surface area contributed by atoms with Crippen molar-refractivity contribution in [2.24, 2.45) is 5.92 Å². The molecule has 0 N–H and O–H groups in total. The number of rotatable bonds is 8. The van der Waals surface area contributed by atoms with Crippen LogP contribution in [0.3, 0.4) is 0 Å². The Balaban J connectivity index is 1.20. The van der Waals surface area contributed by atoms with Gasteiger partial charge in [-0.2, -0.15) is 0 Å². The van der Waals surface area contributed by atoms with Crippen LogP contribution in [0.25, 0.3) is 10.8 Å². The molecule has 3 heteroatoms. The van der Waals surface area contributed by atoms with Crippen molar-refractivity contribution in [2.75, 3.05) is 19.6 Å². The van der Waals surface area contributed by atoms with Crippen molar-refractivity contribution in [2.45, 2.75) is 39.0 Å². The lowest BCUT2D eigenvalue weighted by atomic mass is 9.88. The van der Waals surface area contributed by atoms with E-state index >= 15 is 0 Å². The van der Waals surface area contributed by atoms with Crippen molar-refractivity contribution in [3.8, 4) is 0 Å². The monoisotopic (exact) mass is 413 g/mol. The van der Waals surface area contributed by atoms with Crippen LogP contribution < -0.4 is 0 Å². The summed E-state index contributed by atoms with van der Waals surface area (Å²) in [5.41, 5.74) is 2.84. The van der Waals surface area contributed by atoms with Crippen LogP contribution in [-0.2, 0) is 0 Å². The second kappa shape index (κ2) is 10.0. The quantitative estimate of drug-likeness (QED) is 0.331. The van der Waals surface area contributed by atoms with Crippen molar-refractivity contribution < 1.29 is 9.59 Å². The Bertz CT molecular complexity index is 1050. The Morgan fingerprint density at radius 2 is 1.52 bits per heavy atom. The maximum Gasteiger partial charge on any atom is 0.166 e. The fraction of sp³-hybridized carbons (Fsp3) is 0.357. The number of fused-ring (bicyclic) bond motifs is 1. The first-order valence-corrected chi connectivity index (χ1v) is 11.5. The van der Waals surface area contributed by atoms with Crippen LogP contribution in [0.5, 0.6) is 0 Å². The van der Waals surface area contributed by atoms with Gasteiger partial charge in [-0.05, 0) is 69.1 Å². The number of hydrogen-bond acceptors (Lipinski definition) is 3. The summed E-state index contributed by atoms with van der Waals surface area (Å²) in [7, 11) is 0. The third-order valence-electron chi connectivity index (χ3n) is 6.49. The minimum atomic E-state index is 0.125.